The Balaban J connectivity index is 1.78. The predicted molar refractivity (Wildman–Crippen MR) is 71.5 cm³/mol. The van der Waals surface area contributed by atoms with E-state index in [1.54, 1.807) is 0 Å². The lowest BCUT2D eigenvalue weighted by Crippen LogP contribution is -2.16. The minimum atomic E-state index is 0.469. The third-order valence-electron chi connectivity index (χ3n) is 4.51. The zero-order valence-electron chi connectivity index (χ0n) is 10.3. The minimum absolute atomic E-state index is 0.469. The van der Waals surface area contributed by atoms with Crippen LogP contribution in [0.5, 0.6) is 0 Å². The highest BCUT2D eigenvalue weighted by molar-refractivity contribution is 6.16. The Labute approximate surface area is 111 Å². The van der Waals surface area contributed by atoms with Gasteiger partial charge in [-0.15, -0.1) is 11.6 Å². The lowest BCUT2D eigenvalue weighted by Gasteiger charge is -2.16. The molecule has 2 aromatic heterocycles. The van der Waals surface area contributed by atoms with Crippen molar-refractivity contribution in [2.75, 3.05) is 0 Å². The van der Waals surface area contributed by atoms with Gasteiger partial charge in [0.05, 0.1) is 5.88 Å². The zero-order chi connectivity index (χ0) is 12.2. The fourth-order valence-corrected chi connectivity index (χ4v) is 3.34. The molecule has 0 saturated heterocycles. The molecule has 0 amide bonds. The number of alkyl halides is 1. The van der Waals surface area contributed by atoms with Gasteiger partial charge in [-0.2, -0.15) is 0 Å². The van der Waals surface area contributed by atoms with Crippen LogP contribution in [0.4, 0.5) is 0 Å². The summed E-state index contributed by atoms with van der Waals surface area (Å²) in [6, 6.07) is 3.96. The molecule has 2 saturated carbocycles. The van der Waals surface area contributed by atoms with Crippen LogP contribution >= 0.6 is 11.6 Å². The Morgan fingerprint density at radius 3 is 2.89 bits per heavy atom. The molecular formula is C14H16ClN3. The Morgan fingerprint density at radius 2 is 2.22 bits per heavy atom. The number of aromatic nitrogens is 3. The summed E-state index contributed by atoms with van der Waals surface area (Å²) in [4.78, 5) is 9.07. The predicted octanol–water partition coefficient (Wildman–Crippen LogP) is 3.36. The first kappa shape index (κ1) is 10.8. The van der Waals surface area contributed by atoms with Crippen LogP contribution < -0.4 is 0 Å². The van der Waals surface area contributed by atoms with E-state index >= 15 is 0 Å². The summed E-state index contributed by atoms with van der Waals surface area (Å²) in [5.41, 5.74) is 2.52. The molecule has 2 aliphatic rings. The molecule has 0 bridgehead atoms. The Morgan fingerprint density at radius 1 is 1.39 bits per heavy atom. The molecule has 0 aliphatic heterocycles. The maximum atomic E-state index is 6.04. The first-order valence-corrected chi connectivity index (χ1v) is 7.22. The number of fused-ring (bicyclic) bond motifs is 1. The van der Waals surface area contributed by atoms with Gasteiger partial charge in [0.15, 0.2) is 5.65 Å². The van der Waals surface area contributed by atoms with E-state index in [-0.39, 0.29) is 0 Å². The third-order valence-corrected chi connectivity index (χ3v) is 4.75. The molecule has 2 heterocycles. The van der Waals surface area contributed by atoms with E-state index in [0.29, 0.717) is 11.3 Å². The molecule has 3 nitrogen and oxygen atoms in total. The van der Waals surface area contributed by atoms with Gasteiger partial charge >= 0.3 is 0 Å². The molecule has 0 unspecified atom stereocenters. The summed E-state index contributed by atoms with van der Waals surface area (Å²) in [5.74, 6) is 2.39. The molecule has 0 N–H and O–H groups in total. The first-order chi connectivity index (χ1) is 8.82. The summed E-state index contributed by atoms with van der Waals surface area (Å²) < 4.78 is 2.26. The van der Waals surface area contributed by atoms with Crippen LogP contribution in [0.3, 0.4) is 0 Å². The number of hydrogen-bond donors (Lipinski definition) is 0. The van der Waals surface area contributed by atoms with Crippen LogP contribution in [0.2, 0.25) is 0 Å². The van der Waals surface area contributed by atoms with Gasteiger partial charge in [0.25, 0.3) is 0 Å². The Kier molecular flexibility index (Phi) is 2.22. The summed E-state index contributed by atoms with van der Waals surface area (Å²) in [7, 11) is 0. The molecule has 0 radical (unpaired) electrons. The molecule has 94 valence electrons. The maximum Gasteiger partial charge on any atom is 0.160 e. The third kappa shape index (κ3) is 1.57. The van der Waals surface area contributed by atoms with Gasteiger partial charge < -0.3 is 4.57 Å². The monoisotopic (exact) mass is 261 g/mol. The van der Waals surface area contributed by atoms with Crippen molar-refractivity contribution in [3.8, 4) is 0 Å². The van der Waals surface area contributed by atoms with Crippen molar-refractivity contribution in [2.45, 2.75) is 38.1 Å². The molecule has 0 atom stereocenters. The summed E-state index contributed by atoms with van der Waals surface area (Å²) >= 11 is 6.04. The van der Waals surface area contributed by atoms with Crippen molar-refractivity contribution in [3.63, 3.8) is 0 Å². The van der Waals surface area contributed by atoms with Crippen LogP contribution in [0.1, 0.15) is 31.5 Å². The molecule has 0 spiro atoms. The van der Waals surface area contributed by atoms with Crippen molar-refractivity contribution in [2.24, 2.45) is 11.3 Å². The number of rotatable bonds is 4. The number of halogens is 1. The van der Waals surface area contributed by atoms with E-state index < -0.39 is 0 Å². The average molecular weight is 262 g/mol. The smallest absolute Gasteiger partial charge is 0.160 e. The van der Waals surface area contributed by atoms with Crippen molar-refractivity contribution in [1.29, 1.82) is 0 Å². The van der Waals surface area contributed by atoms with Crippen molar-refractivity contribution in [1.82, 2.24) is 14.5 Å². The topological polar surface area (TPSA) is 30.7 Å². The van der Waals surface area contributed by atoms with Gasteiger partial charge in [-0.3, -0.25) is 0 Å². The molecule has 18 heavy (non-hydrogen) atoms. The van der Waals surface area contributed by atoms with Crippen LogP contribution in [0, 0.1) is 11.3 Å². The van der Waals surface area contributed by atoms with Crippen LogP contribution in [-0.4, -0.2) is 14.5 Å². The second kappa shape index (κ2) is 3.70. The SMILES string of the molecule is ClCc1nc2cccnc2n1CC1(C2CC2)CC1. The average Bonchev–Trinajstić information content (AvgIpc) is 3.27. The largest absolute Gasteiger partial charge is 0.311 e. The lowest BCUT2D eigenvalue weighted by molar-refractivity contribution is 0.370. The molecule has 2 aromatic rings. The van der Waals surface area contributed by atoms with Gasteiger partial charge in [0.1, 0.15) is 11.3 Å². The van der Waals surface area contributed by atoms with Crippen molar-refractivity contribution in [3.05, 3.63) is 24.2 Å². The first-order valence-electron chi connectivity index (χ1n) is 6.68. The van der Waals surface area contributed by atoms with Crippen LogP contribution in [-0.2, 0) is 12.4 Å². The van der Waals surface area contributed by atoms with E-state index in [0.717, 1.165) is 29.5 Å². The minimum Gasteiger partial charge on any atom is -0.311 e. The standard InChI is InChI=1S/C14H16ClN3/c15-8-12-17-11-2-1-7-16-13(11)18(12)9-14(5-6-14)10-3-4-10/h1-2,7,10H,3-6,8-9H2. The highest BCUT2D eigenvalue weighted by Gasteiger charge is 2.54. The normalized spacial score (nSPS) is 21.4. The van der Waals surface area contributed by atoms with Gasteiger partial charge in [-0.1, -0.05) is 0 Å². The fraction of sp³-hybridized carbons (Fsp3) is 0.571. The van der Waals surface area contributed by atoms with Crippen molar-refractivity contribution < 1.29 is 0 Å². The van der Waals surface area contributed by atoms with E-state index in [1.165, 1.54) is 25.7 Å². The van der Waals surface area contributed by atoms with Gasteiger partial charge in [0, 0.05) is 12.7 Å². The second-order valence-electron chi connectivity index (χ2n) is 5.73. The van der Waals surface area contributed by atoms with Crippen molar-refractivity contribution >= 4 is 22.8 Å². The van der Waals surface area contributed by atoms with Crippen LogP contribution in [0.15, 0.2) is 18.3 Å². The molecule has 2 aliphatic carbocycles. The fourth-order valence-electron chi connectivity index (χ4n) is 3.14. The van der Waals surface area contributed by atoms with E-state index in [4.69, 9.17) is 11.6 Å². The zero-order valence-corrected chi connectivity index (χ0v) is 11.0. The highest BCUT2D eigenvalue weighted by Crippen LogP contribution is 2.62. The van der Waals surface area contributed by atoms with E-state index in [1.807, 2.05) is 18.3 Å². The van der Waals surface area contributed by atoms with Gasteiger partial charge in [-0.25, -0.2) is 9.97 Å². The Hall–Kier alpha value is -1.09. The highest BCUT2D eigenvalue weighted by atomic mass is 35.5. The number of imidazole rings is 1. The summed E-state index contributed by atoms with van der Waals surface area (Å²) in [5, 5.41) is 0. The molecule has 4 heteroatoms. The molecule has 2 fully saturated rings. The summed E-state index contributed by atoms with van der Waals surface area (Å²) in [6.45, 7) is 1.06. The van der Waals surface area contributed by atoms with Gasteiger partial charge in [0.2, 0.25) is 0 Å². The molecule has 0 aromatic carbocycles. The number of pyridine rings is 1. The quantitative estimate of drug-likeness (QED) is 0.790. The van der Waals surface area contributed by atoms with E-state index in [9.17, 15) is 0 Å². The van der Waals surface area contributed by atoms with Crippen LogP contribution in [0.25, 0.3) is 11.2 Å². The number of nitrogens with zero attached hydrogens (tertiary/aromatic N) is 3. The van der Waals surface area contributed by atoms with E-state index in [2.05, 4.69) is 14.5 Å². The molecule has 4 rings (SSSR count). The molecular weight excluding hydrogens is 246 g/mol. The Bertz CT molecular complexity index is 596. The number of hydrogen-bond acceptors (Lipinski definition) is 2. The lowest BCUT2D eigenvalue weighted by atomic mass is 10.0. The summed E-state index contributed by atoms with van der Waals surface area (Å²) in [6.07, 6.45) is 7.40. The van der Waals surface area contributed by atoms with Gasteiger partial charge in [-0.05, 0) is 49.1 Å². The maximum absolute atomic E-state index is 6.04. The second-order valence-corrected chi connectivity index (χ2v) is 6.00.